The number of benzene rings is 2. The summed E-state index contributed by atoms with van der Waals surface area (Å²) in [6.45, 7) is 18.6. The number of likely N-dealkylation sites (tertiary alicyclic amines) is 1. The van der Waals surface area contributed by atoms with Gasteiger partial charge in [-0.05, 0) is 86.5 Å². The molecule has 3 aromatic rings. The highest BCUT2D eigenvalue weighted by Gasteiger charge is 2.42. The predicted octanol–water partition coefficient (Wildman–Crippen LogP) is 6.21. The van der Waals surface area contributed by atoms with Crippen LogP contribution in [-0.2, 0) is 9.84 Å². The quantitative estimate of drug-likeness (QED) is 0.258. The van der Waals surface area contributed by atoms with Crippen LogP contribution >= 0.6 is 0 Å². The summed E-state index contributed by atoms with van der Waals surface area (Å²) in [4.78, 5) is 24.5. The summed E-state index contributed by atoms with van der Waals surface area (Å²) in [5.74, 6) is 0.334. The second kappa shape index (κ2) is 12.0. The number of nitrogens with zero attached hydrogens (tertiary/aromatic N) is 4. The smallest absolute Gasteiger partial charge is 0.251 e. The lowest BCUT2D eigenvalue weighted by Crippen LogP contribution is -2.45. The van der Waals surface area contributed by atoms with E-state index in [-0.39, 0.29) is 22.4 Å². The number of amides is 1. The number of hydrogen-bond acceptors (Lipinski definition) is 8. The maximum Gasteiger partial charge on any atom is 0.251 e. The maximum absolute atomic E-state index is 13.0. The fourth-order valence-corrected chi connectivity index (χ4v) is 6.64. The molecule has 1 aromatic heterocycles. The van der Waals surface area contributed by atoms with Gasteiger partial charge in [-0.25, -0.2) is 9.97 Å². The van der Waals surface area contributed by atoms with Crippen molar-refractivity contribution in [3.05, 3.63) is 64.8 Å². The molecule has 2 aromatic carbocycles. The third kappa shape index (κ3) is 6.50. The number of likely N-dealkylation sites (N-methyl/N-ethyl adjacent to an activating group) is 1. The fourth-order valence-electron chi connectivity index (χ4n) is 5.53. The topological polar surface area (TPSA) is 115 Å². The predicted molar refractivity (Wildman–Crippen MR) is 179 cm³/mol. The zero-order chi connectivity index (χ0) is 31.9. The minimum Gasteiger partial charge on any atom is -0.416 e. The van der Waals surface area contributed by atoms with Crippen LogP contribution in [-0.4, -0.2) is 68.4 Å². The van der Waals surface area contributed by atoms with Gasteiger partial charge in [-0.3, -0.25) is 4.79 Å². The standard InChI is InChI=1S/C34H45N7O2Si/c1-22-9-10-23(31(42)38-26-12-14-41(6)19-26)17-29(22)40-32-36-13-11-28(39-32)24-15-25(18-35)30-27(16-24)34(5,20-37-30)21-43-44(7,8)33(2,3)4/h9-11,13,15-17,26,37H,12,14,19-21H2,1-8H3,(H,38,42)(H,36,39,40)/t26?,34-/m1/s1. The number of nitriles is 1. The van der Waals surface area contributed by atoms with Gasteiger partial charge in [0, 0.05) is 54.2 Å². The maximum atomic E-state index is 13.0. The van der Waals surface area contributed by atoms with E-state index in [1.807, 2.05) is 37.3 Å². The minimum absolute atomic E-state index is 0.0839. The Balaban J connectivity index is 1.39. The van der Waals surface area contributed by atoms with E-state index in [2.05, 4.69) is 85.8 Å². The molecule has 232 valence electrons. The first kappa shape index (κ1) is 31.6. The minimum atomic E-state index is -1.96. The van der Waals surface area contributed by atoms with Gasteiger partial charge >= 0.3 is 0 Å². The highest BCUT2D eigenvalue weighted by molar-refractivity contribution is 6.74. The third-order valence-corrected chi connectivity index (χ3v) is 14.0. The Morgan fingerprint density at radius 1 is 1.25 bits per heavy atom. The summed E-state index contributed by atoms with van der Waals surface area (Å²) < 4.78 is 6.67. The zero-order valence-corrected chi connectivity index (χ0v) is 28.3. The van der Waals surface area contributed by atoms with Gasteiger partial charge in [-0.2, -0.15) is 5.26 Å². The summed E-state index contributed by atoms with van der Waals surface area (Å²) in [6.07, 6.45) is 2.67. The lowest BCUT2D eigenvalue weighted by atomic mass is 9.83. The third-order valence-electron chi connectivity index (χ3n) is 9.55. The average Bonchev–Trinajstić information content (AvgIpc) is 3.54. The van der Waals surface area contributed by atoms with Gasteiger partial charge in [-0.1, -0.05) is 33.8 Å². The van der Waals surface area contributed by atoms with E-state index in [4.69, 9.17) is 9.41 Å². The van der Waals surface area contributed by atoms with E-state index in [0.717, 1.165) is 47.6 Å². The largest absolute Gasteiger partial charge is 0.416 e. The summed E-state index contributed by atoms with van der Waals surface area (Å²) in [5.41, 5.74) is 6.14. The number of fused-ring (bicyclic) bond motifs is 1. The number of carbonyl (C=O) groups is 1. The second-order valence-electron chi connectivity index (χ2n) is 14.2. The van der Waals surface area contributed by atoms with Gasteiger partial charge in [-0.15, -0.1) is 0 Å². The fraction of sp³-hybridized carbons (Fsp3) is 0.471. The van der Waals surface area contributed by atoms with Gasteiger partial charge < -0.3 is 25.3 Å². The first-order valence-electron chi connectivity index (χ1n) is 15.4. The highest BCUT2D eigenvalue weighted by Crippen LogP contribution is 2.44. The van der Waals surface area contributed by atoms with E-state index in [9.17, 15) is 10.1 Å². The molecular formula is C34H45N7O2Si. The second-order valence-corrected chi connectivity index (χ2v) is 19.0. The van der Waals surface area contributed by atoms with Crippen LogP contribution < -0.4 is 16.0 Å². The van der Waals surface area contributed by atoms with Crippen molar-refractivity contribution in [2.75, 3.05) is 43.9 Å². The van der Waals surface area contributed by atoms with Crippen molar-refractivity contribution < 1.29 is 9.22 Å². The molecule has 0 aliphatic carbocycles. The van der Waals surface area contributed by atoms with Crippen LogP contribution in [0.3, 0.4) is 0 Å². The molecule has 3 N–H and O–H groups in total. The summed E-state index contributed by atoms with van der Waals surface area (Å²) in [7, 11) is 0.106. The van der Waals surface area contributed by atoms with E-state index < -0.39 is 8.32 Å². The summed E-state index contributed by atoms with van der Waals surface area (Å²) in [6, 6.07) is 14.0. The molecule has 2 aliphatic rings. The molecule has 44 heavy (non-hydrogen) atoms. The molecule has 0 spiro atoms. The van der Waals surface area contributed by atoms with Crippen molar-refractivity contribution in [3.8, 4) is 17.3 Å². The van der Waals surface area contributed by atoms with E-state index in [0.29, 0.717) is 35.9 Å². The molecule has 1 unspecified atom stereocenters. The van der Waals surface area contributed by atoms with Crippen molar-refractivity contribution in [2.24, 2.45) is 0 Å². The Labute approximate surface area is 262 Å². The molecule has 3 heterocycles. The van der Waals surface area contributed by atoms with Gasteiger partial charge in [0.05, 0.1) is 16.9 Å². The van der Waals surface area contributed by atoms with E-state index in [1.54, 1.807) is 6.20 Å². The molecule has 0 radical (unpaired) electrons. The monoisotopic (exact) mass is 611 g/mol. The van der Waals surface area contributed by atoms with Crippen LogP contribution in [0.25, 0.3) is 11.3 Å². The van der Waals surface area contributed by atoms with Gasteiger partial charge in [0.1, 0.15) is 6.07 Å². The van der Waals surface area contributed by atoms with Crippen LogP contribution in [0.5, 0.6) is 0 Å². The van der Waals surface area contributed by atoms with Crippen LogP contribution in [0, 0.1) is 18.3 Å². The first-order chi connectivity index (χ1) is 20.7. The zero-order valence-electron chi connectivity index (χ0n) is 27.3. The Bertz CT molecular complexity index is 1610. The Morgan fingerprint density at radius 2 is 2.02 bits per heavy atom. The summed E-state index contributed by atoms with van der Waals surface area (Å²) >= 11 is 0. The van der Waals surface area contributed by atoms with E-state index in [1.165, 1.54) is 0 Å². The van der Waals surface area contributed by atoms with E-state index >= 15 is 0 Å². The molecule has 9 nitrogen and oxygen atoms in total. The molecule has 2 aliphatic heterocycles. The lowest BCUT2D eigenvalue weighted by Gasteiger charge is -2.39. The summed E-state index contributed by atoms with van der Waals surface area (Å²) in [5, 5.41) is 20.1. The van der Waals surface area contributed by atoms with Crippen molar-refractivity contribution in [2.45, 2.75) is 70.6 Å². The normalized spacial score (nSPS) is 20.1. The average molecular weight is 612 g/mol. The van der Waals surface area contributed by atoms with Crippen LogP contribution in [0.2, 0.25) is 18.1 Å². The first-order valence-corrected chi connectivity index (χ1v) is 18.3. The Hall–Kier alpha value is -3.78. The van der Waals surface area contributed by atoms with Crippen molar-refractivity contribution in [1.82, 2.24) is 20.2 Å². The SMILES string of the molecule is Cc1ccc(C(=O)NC2CCN(C)C2)cc1Nc1nccc(-c2cc(C#N)c3c(c2)[C@@](C)(CO[Si](C)(C)C(C)(C)C)CN3)n1. The van der Waals surface area contributed by atoms with Crippen molar-refractivity contribution in [3.63, 3.8) is 0 Å². The Morgan fingerprint density at radius 3 is 2.70 bits per heavy atom. The van der Waals surface area contributed by atoms with Crippen molar-refractivity contribution in [1.29, 1.82) is 5.26 Å². The molecular weight excluding hydrogens is 567 g/mol. The van der Waals surface area contributed by atoms with Gasteiger partial charge in [0.2, 0.25) is 5.95 Å². The number of hydrogen-bond donors (Lipinski definition) is 3. The molecule has 0 saturated carbocycles. The van der Waals surface area contributed by atoms with Gasteiger partial charge in [0.25, 0.3) is 5.91 Å². The molecule has 1 fully saturated rings. The molecule has 0 bridgehead atoms. The highest BCUT2D eigenvalue weighted by atomic mass is 28.4. The van der Waals surface area contributed by atoms with Crippen molar-refractivity contribution >= 4 is 31.5 Å². The molecule has 2 atom stereocenters. The van der Waals surface area contributed by atoms with Crippen LogP contribution in [0.4, 0.5) is 17.3 Å². The van der Waals surface area contributed by atoms with Crippen LogP contribution in [0.15, 0.2) is 42.6 Å². The molecule has 5 rings (SSSR count). The van der Waals surface area contributed by atoms with Crippen LogP contribution in [0.1, 0.15) is 61.2 Å². The number of anilines is 3. The molecule has 10 heteroatoms. The lowest BCUT2D eigenvalue weighted by molar-refractivity contribution is 0.0938. The number of aryl methyl sites for hydroxylation is 1. The Kier molecular flexibility index (Phi) is 8.60. The number of carbonyl (C=O) groups excluding carboxylic acids is 1. The molecule has 1 amide bonds. The molecule has 1 saturated heterocycles. The number of nitrogens with one attached hydrogen (secondary N) is 3. The number of rotatable bonds is 8. The number of aromatic nitrogens is 2. The van der Waals surface area contributed by atoms with Gasteiger partial charge in [0.15, 0.2) is 8.32 Å².